The van der Waals surface area contributed by atoms with Gasteiger partial charge in [0.1, 0.15) is 42.7 Å². The Labute approximate surface area is 336 Å². The Kier molecular flexibility index (Phi) is 28.2. The molecule has 0 aliphatic heterocycles. The maximum atomic E-state index is 12.7. The Morgan fingerprint density at radius 3 is 1.27 bits per heavy atom. The van der Waals surface area contributed by atoms with E-state index in [2.05, 4.69) is 55.4 Å². The lowest BCUT2D eigenvalue weighted by atomic mass is 9.63. The van der Waals surface area contributed by atoms with Crippen LogP contribution in [-0.4, -0.2) is 130 Å². The molecule has 0 saturated heterocycles. The van der Waals surface area contributed by atoms with E-state index in [9.17, 15) is 10.2 Å². The zero-order valence-corrected chi connectivity index (χ0v) is 36.5. The van der Waals surface area contributed by atoms with Gasteiger partial charge in [-0.25, -0.2) is 0 Å². The van der Waals surface area contributed by atoms with E-state index in [0.717, 1.165) is 103 Å². The van der Waals surface area contributed by atoms with Crippen molar-refractivity contribution in [1.82, 2.24) is 0 Å². The third-order valence-corrected chi connectivity index (χ3v) is 11.0. The van der Waals surface area contributed by atoms with Gasteiger partial charge in [-0.1, -0.05) is 107 Å². The zero-order valence-electron chi connectivity index (χ0n) is 36.5. The van der Waals surface area contributed by atoms with Gasteiger partial charge in [0.05, 0.1) is 12.7 Å². The van der Waals surface area contributed by atoms with Gasteiger partial charge in [-0.2, -0.15) is 0 Å². The maximum Gasteiger partial charge on any atom is 0.187 e. The summed E-state index contributed by atoms with van der Waals surface area (Å²) in [5.74, 6) is -0.377. The summed E-state index contributed by atoms with van der Waals surface area (Å²) in [6.07, 6.45) is 7.26. The monoisotopic (exact) mass is 791 g/mol. The first-order valence-corrected chi connectivity index (χ1v) is 22.8. The van der Waals surface area contributed by atoms with Crippen molar-refractivity contribution in [2.45, 2.75) is 219 Å². The molecule has 2 aliphatic carbocycles. The fourth-order valence-corrected chi connectivity index (χ4v) is 7.39. The van der Waals surface area contributed by atoms with Crippen LogP contribution in [-0.2, 0) is 42.6 Å². The number of hydrogen-bond donors (Lipinski definition) is 2. The second-order valence-electron chi connectivity index (χ2n) is 15.6. The quantitative estimate of drug-likeness (QED) is 0.0472. The van der Waals surface area contributed by atoms with Crippen molar-refractivity contribution in [3.05, 3.63) is 0 Å². The molecule has 2 fully saturated rings. The van der Waals surface area contributed by atoms with E-state index in [1.54, 1.807) is 0 Å². The molecule has 0 aromatic heterocycles. The van der Waals surface area contributed by atoms with Crippen molar-refractivity contribution < 1.29 is 52.8 Å². The number of unbranched alkanes of at least 4 members (excludes halogenated alkanes) is 8. The van der Waals surface area contributed by atoms with Crippen LogP contribution in [0.5, 0.6) is 0 Å². The van der Waals surface area contributed by atoms with Gasteiger partial charge in [-0.15, -0.1) is 0 Å². The molecule has 328 valence electrons. The lowest BCUT2D eigenvalue weighted by Gasteiger charge is -2.61. The highest BCUT2D eigenvalue weighted by atomic mass is 16.7. The molecule has 11 nitrogen and oxygen atoms in total. The highest BCUT2D eigenvalue weighted by Gasteiger charge is 2.70. The number of aliphatic hydroxyl groups excluding tert-OH is 2. The molecular weight excluding hydrogens is 704 g/mol. The first-order valence-electron chi connectivity index (χ1n) is 22.8. The summed E-state index contributed by atoms with van der Waals surface area (Å²) in [5.41, 5.74) is -1.31. The van der Waals surface area contributed by atoms with E-state index in [-0.39, 0.29) is 12.0 Å². The molecule has 2 rings (SSSR count). The summed E-state index contributed by atoms with van der Waals surface area (Å²) in [6, 6.07) is 0. The summed E-state index contributed by atoms with van der Waals surface area (Å²) in [5, 5.41) is 25.1. The lowest BCUT2D eigenvalue weighted by Crippen LogP contribution is -2.79. The molecule has 2 saturated carbocycles. The minimum absolute atomic E-state index is 0.319. The third kappa shape index (κ3) is 15.6. The third-order valence-electron chi connectivity index (χ3n) is 11.0. The number of hydrogen-bond acceptors (Lipinski definition) is 11. The summed E-state index contributed by atoms with van der Waals surface area (Å²) in [7, 11) is 0. The van der Waals surface area contributed by atoms with E-state index in [4.69, 9.17) is 42.6 Å². The fourth-order valence-electron chi connectivity index (χ4n) is 7.39. The molecule has 11 atom stereocenters. The van der Waals surface area contributed by atoms with Crippen molar-refractivity contribution in [2.75, 3.05) is 59.5 Å². The lowest BCUT2D eigenvalue weighted by molar-refractivity contribution is -0.394. The summed E-state index contributed by atoms with van der Waals surface area (Å²) in [6.45, 7) is 21.3. The van der Waals surface area contributed by atoms with Crippen molar-refractivity contribution >= 4 is 0 Å². The van der Waals surface area contributed by atoms with Gasteiger partial charge in [0.2, 0.25) is 0 Å². The van der Waals surface area contributed by atoms with E-state index in [1.165, 1.54) is 0 Å². The zero-order chi connectivity index (χ0) is 40.3. The second-order valence-corrected chi connectivity index (χ2v) is 15.6. The average Bonchev–Trinajstić information content (AvgIpc) is 3.18. The van der Waals surface area contributed by atoms with E-state index >= 15 is 0 Å². The van der Waals surface area contributed by atoms with Gasteiger partial charge in [0.15, 0.2) is 11.9 Å². The van der Waals surface area contributed by atoms with Crippen molar-refractivity contribution in [2.24, 2.45) is 5.92 Å². The molecule has 2 aliphatic rings. The predicted octanol–water partition coefficient (Wildman–Crippen LogP) is 8.18. The van der Waals surface area contributed by atoms with Crippen LogP contribution >= 0.6 is 0 Å². The molecule has 7 unspecified atom stereocenters. The molecule has 0 heterocycles. The first-order chi connectivity index (χ1) is 26.9. The fraction of sp³-hybridized carbons (Fsp3) is 1.00. The number of rotatable bonds is 36. The maximum absolute atomic E-state index is 12.7. The second kappa shape index (κ2) is 30.6. The normalized spacial score (nSPS) is 30.1. The predicted molar refractivity (Wildman–Crippen MR) is 218 cm³/mol. The van der Waals surface area contributed by atoms with Crippen LogP contribution in [0.1, 0.15) is 158 Å². The van der Waals surface area contributed by atoms with Crippen LogP contribution in [0.4, 0.5) is 0 Å². The molecule has 0 aromatic carbocycles. The largest absolute Gasteiger partial charge is 0.387 e. The highest BCUT2D eigenvalue weighted by molar-refractivity contribution is 5.16. The SMILES string of the molecule is CCCCOCC1[C@@H](OCCCC)C(OCCCC)C1(OCCCC)[C@H](O)OC1C(OCCCC)[C@@H](OCCCC)C(OCCCC)C(OCCCC)[C@@H]1O. The Bertz CT molecular complexity index is 898. The van der Waals surface area contributed by atoms with Crippen LogP contribution in [0.15, 0.2) is 0 Å². The van der Waals surface area contributed by atoms with Gasteiger partial charge in [-0.05, 0) is 51.4 Å². The molecule has 0 spiro atoms. The Morgan fingerprint density at radius 1 is 0.436 bits per heavy atom. The molecule has 2 N–H and O–H groups in total. The number of aliphatic hydroxyl groups is 2. The van der Waals surface area contributed by atoms with Gasteiger partial charge < -0.3 is 52.8 Å². The Morgan fingerprint density at radius 2 is 0.800 bits per heavy atom. The standard InChI is InChI=1S/C44H86O11/c1-9-17-25-47-33-34-36(48-26-18-10-2)42(53-31-23-15-7)44(34,54-32-24-16-8)43(46)55-38-35(45)37(49-27-19-11-3)39(50-28-20-12-4)41(52-30-22-14-6)40(38)51-29-21-13-5/h34-43,45-46H,9-33H2,1-8H3/t34?,35-,36+,37?,38?,39?,40?,41-,42?,43+,44?/m0/s1. The van der Waals surface area contributed by atoms with Crippen LogP contribution in [0.25, 0.3) is 0 Å². The summed E-state index contributed by atoms with van der Waals surface area (Å²) < 4.78 is 59.6. The van der Waals surface area contributed by atoms with Gasteiger partial charge in [0.25, 0.3) is 0 Å². The van der Waals surface area contributed by atoms with Crippen LogP contribution in [0.3, 0.4) is 0 Å². The number of ether oxygens (including phenoxy) is 9. The van der Waals surface area contributed by atoms with Crippen LogP contribution in [0, 0.1) is 5.92 Å². The minimum atomic E-state index is -1.51. The van der Waals surface area contributed by atoms with Gasteiger partial charge >= 0.3 is 0 Å². The topological polar surface area (TPSA) is 124 Å². The molecule has 11 heteroatoms. The van der Waals surface area contributed by atoms with Crippen LogP contribution in [0.2, 0.25) is 0 Å². The smallest absolute Gasteiger partial charge is 0.187 e. The van der Waals surface area contributed by atoms with Crippen molar-refractivity contribution in [1.29, 1.82) is 0 Å². The highest BCUT2D eigenvalue weighted by Crippen LogP contribution is 2.50. The molecule has 0 bridgehead atoms. The average molecular weight is 791 g/mol. The minimum Gasteiger partial charge on any atom is -0.387 e. The molecule has 0 amide bonds. The van der Waals surface area contributed by atoms with Crippen molar-refractivity contribution in [3.8, 4) is 0 Å². The molecule has 55 heavy (non-hydrogen) atoms. The van der Waals surface area contributed by atoms with Crippen molar-refractivity contribution in [3.63, 3.8) is 0 Å². The van der Waals surface area contributed by atoms with E-state index in [1.807, 2.05) is 0 Å². The Balaban J connectivity index is 2.69. The first kappa shape index (κ1) is 50.7. The Hall–Kier alpha value is -0.440. The summed E-state index contributed by atoms with van der Waals surface area (Å²) >= 11 is 0. The van der Waals surface area contributed by atoms with E-state index < -0.39 is 54.6 Å². The summed E-state index contributed by atoms with van der Waals surface area (Å²) in [4.78, 5) is 0. The van der Waals surface area contributed by atoms with E-state index in [0.29, 0.717) is 59.5 Å². The molecule has 0 radical (unpaired) electrons. The van der Waals surface area contributed by atoms with Crippen LogP contribution < -0.4 is 0 Å². The molecule has 0 aromatic rings. The van der Waals surface area contributed by atoms with Gasteiger partial charge in [-0.3, -0.25) is 0 Å². The molecular formula is C44H86O11. The van der Waals surface area contributed by atoms with Gasteiger partial charge in [0, 0.05) is 58.8 Å².